The monoisotopic (exact) mass is 441 g/mol. The average Bonchev–Trinajstić information content (AvgIpc) is 3.01. The molecule has 0 aliphatic carbocycles. The summed E-state index contributed by atoms with van der Waals surface area (Å²) in [6.45, 7) is 9.06. The van der Waals surface area contributed by atoms with Gasteiger partial charge in [0.1, 0.15) is 11.6 Å². The molecule has 2 aliphatic rings. The van der Waals surface area contributed by atoms with E-state index >= 15 is 0 Å². The number of ether oxygens (including phenoxy) is 1. The highest BCUT2D eigenvalue weighted by atomic mass is 35.5. The topological polar surface area (TPSA) is 53.1 Å². The Balaban J connectivity index is 0.00000320. The number of hydrogen-bond donors (Lipinski definition) is 0. The minimum Gasteiger partial charge on any atom is -0.489 e. The van der Waals surface area contributed by atoms with Crippen molar-refractivity contribution in [1.82, 2.24) is 9.80 Å². The average molecular weight is 442 g/mol. The zero-order chi connectivity index (χ0) is 20.8. The number of imide groups is 1. The van der Waals surface area contributed by atoms with Gasteiger partial charge in [-0.15, -0.1) is 12.4 Å². The normalized spacial score (nSPS) is 17.6. The van der Waals surface area contributed by atoms with Crippen molar-refractivity contribution in [3.63, 3.8) is 0 Å². The Morgan fingerprint density at radius 1 is 0.967 bits per heavy atom. The summed E-state index contributed by atoms with van der Waals surface area (Å²) in [5.41, 5.74) is 0.832. The first-order valence-corrected chi connectivity index (χ1v) is 10.7. The molecule has 3 rings (SSSR count). The summed E-state index contributed by atoms with van der Waals surface area (Å²) in [5, 5.41) is 0. The molecule has 1 aromatic rings. The maximum absolute atomic E-state index is 13.8. The molecular weight excluding hydrogens is 409 g/mol. The maximum atomic E-state index is 13.8. The van der Waals surface area contributed by atoms with Crippen LogP contribution >= 0.6 is 12.4 Å². The summed E-state index contributed by atoms with van der Waals surface area (Å²) in [7, 11) is 0. The van der Waals surface area contributed by atoms with Crippen molar-refractivity contribution in [2.45, 2.75) is 52.1 Å². The van der Waals surface area contributed by atoms with Crippen molar-refractivity contribution in [3.05, 3.63) is 24.0 Å². The maximum Gasteiger partial charge on any atom is 0.229 e. The van der Waals surface area contributed by atoms with Gasteiger partial charge in [-0.1, -0.05) is 6.42 Å². The lowest BCUT2D eigenvalue weighted by Gasteiger charge is -2.37. The first-order chi connectivity index (χ1) is 13.9. The molecule has 2 amide bonds. The Morgan fingerprint density at radius 3 is 2.23 bits per heavy atom. The molecule has 30 heavy (non-hydrogen) atoms. The van der Waals surface area contributed by atoms with Crippen LogP contribution in [0.2, 0.25) is 0 Å². The number of anilines is 1. The highest BCUT2D eigenvalue weighted by Gasteiger charge is 2.28. The van der Waals surface area contributed by atoms with Crippen LogP contribution in [0, 0.1) is 5.82 Å². The number of amides is 2. The first kappa shape index (κ1) is 24.4. The van der Waals surface area contributed by atoms with Crippen LogP contribution in [0.15, 0.2) is 18.2 Å². The second kappa shape index (κ2) is 11.5. The fourth-order valence-corrected chi connectivity index (χ4v) is 3.96. The van der Waals surface area contributed by atoms with Crippen LogP contribution in [0.3, 0.4) is 0 Å². The van der Waals surface area contributed by atoms with E-state index in [0.717, 1.165) is 63.4 Å². The van der Waals surface area contributed by atoms with Gasteiger partial charge in [-0.25, -0.2) is 4.39 Å². The zero-order valence-electron chi connectivity index (χ0n) is 17.9. The molecule has 6 nitrogen and oxygen atoms in total. The second-order valence-electron chi connectivity index (χ2n) is 8.11. The number of nitrogens with zero attached hydrogens (tertiary/aromatic N) is 3. The Bertz CT molecular complexity index is 708. The number of piperazine rings is 1. The molecule has 8 heteroatoms. The molecule has 2 heterocycles. The van der Waals surface area contributed by atoms with E-state index in [9.17, 15) is 14.0 Å². The van der Waals surface area contributed by atoms with Gasteiger partial charge in [0.25, 0.3) is 0 Å². The lowest BCUT2D eigenvalue weighted by molar-refractivity contribution is -0.138. The Labute approximate surface area is 184 Å². The number of rotatable bonds is 9. The van der Waals surface area contributed by atoms with E-state index in [1.54, 1.807) is 12.1 Å². The highest BCUT2D eigenvalue weighted by Crippen LogP contribution is 2.31. The van der Waals surface area contributed by atoms with Crippen molar-refractivity contribution in [2.75, 3.05) is 44.2 Å². The van der Waals surface area contributed by atoms with Crippen LogP contribution < -0.4 is 9.64 Å². The summed E-state index contributed by atoms with van der Waals surface area (Å²) >= 11 is 0. The third-order valence-corrected chi connectivity index (χ3v) is 5.51. The molecule has 0 atom stereocenters. The van der Waals surface area contributed by atoms with Gasteiger partial charge in [-0.3, -0.25) is 19.4 Å². The van der Waals surface area contributed by atoms with Gasteiger partial charge in [0, 0.05) is 51.6 Å². The number of carbonyl (C=O) groups is 2. The van der Waals surface area contributed by atoms with E-state index in [-0.39, 0.29) is 36.1 Å². The lowest BCUT2D eigenvalue weighted by Crippen LogP contribution is -2.46. The van der Waals surface area contributed by atoms with Gasteiger partial charge in [-0.05, 0) is 45.4 Å². The van der Waals surface area contributed by atoms with Gasteiger partial charge < -0.3 is 9.64 Å². The van der Waals surface area contributed by atoms with Crippen molar-refractivity contribution in [1.29, 1.82) is 0 Å². The molecular formula is C22H33ClFN3O3. The summed E-state index contributed by atoms with van der Waals surface area (Å²) < 4.78 is 19.6. The largest absolute Gasteiger partial charge is 0.489 e. The quantitative estimate of drug-likeness (QED) is 0.434. The molecule has 2 saturated heterocycles. The third-order valence-electron chi connectivity index (χ3n) is 5.51. The summed E-state index contributed by atoms with van der Waals surface area (Å²) in [5.74, 6) is 0.447. The smallest absolute Gasteiger partial charge is 0.229 e. The number of halogens is 2. The first-order valence-electron chi connectivity index (χ1n) is 10.7. The summed E-state index contributed by atoms with van der Waals surface area (Å²) in [4.78, 5) is 29.2. The molecule has 0 aromatic heterocycles. The summed E-state index contributed by atoms with van der Waals surface area (Å²) in [6.07, 6.45) is 3.73. The molecule has 0 spiro atoms. The van der Waals surface area contributed by atoms with Crippen LogP contribution in [0.1, 0.15) is 46.0 Å². The standard InChI is InChI=1S/C22H32FN3O3.ClH/c1-17(2)29-20-7-6-18(23)16-19(20)25-14-12-24(13-15-25)10-4-3-5-11-26-21(27)8-9-22(26)28;/h6-7,16-17H,3-5,8-15H2,1-2H3;1H. The molecule has 1 aromatic carbocycles. The van der Waals surface area contributed by atoms with Crippen LogP contribution in [-0.4, -0.2) is 67.0 Å². The number of hydrogen-bond acceptors (Lipinski definition) is 5. The molecule has 0 bridgehead atoms. The fraction of sp³-hybridized carbons (Fsp3) is 0.636. The zero-order valence-corrected chi connectivity index (χ0v) is 18.8. The van der Waals surface area contributed by atoms with Crippen LogP contribution in [0.5, 0.6) is 5.75 Å². The van der Waals surface area contributed by atoms with E-state index in [4.69, 9.17) is 4.74 Å². The molecule has 0 saturated carbocycles. The second-order valence-corrected chi connectivity index (χ2v) is 8.11. The van der Waals surface area contributed by atoms with Crippen molar-refractivity contribution in [2.24, 2.45) is 0 Å². The lowest BCUT2D eigenvalue weighted by atomic mass is 10.2. The van der Waals surface area contributed by atoms with Gasteiger partial charge in [-0.2, -0.15) is 0 Å². The van der Waals surface area contributed by atoms with Crippen LogP contribution in [0.4, 0.5) is 10.1 Å². The van der Waals surface area contributed by atoms with Crippen molar-refractivity contribution < 1.29 is 18.7 Å². The minimum absolute atomic E-state index is 0. The molecule has 0 N–H and O–H groups in total. The van der Waals surface area contributed by atoms with E-state index < -0.39 is 0 Å². The minimum atomic E-state index is -0.242. The van der Waals surface area contributed by atoms with E-state index in [1.165, 1.54) is 11.0 Å². The van der Waals surface area contributed by atoms with Gasteiger partial charge >= 0.3 is 0 Å². The van der Waals surface area contributed by atoms with Crippen LogP contribution in [-0.2, 0) is 9.59 Å². The van der Waals surface area contributed by atoms with E-state index in [1.807, 2.05) is 13.8 Å². The highest BCUT2D eigenvalue weighted by molar-refractivity contribution is 6.01. The molecule has 0 unspecified atom stereocenters. The van der Waals surface area contributed by atoms with Crippen LogP contribution in [0.25, 0.3) is 0 Å². The van der Waals surface area contributed by atoms with Gasteiger partial charge in [0.15, 0.2) is 0 Å². The SMILES string of the molecule is CC(C)Oc1ccc(F)cc1N1CCN(CCCCCN2C(=O)CCC2=O)CC1.Cl. The van der Waals surface area contributed by atoms with Crippen molar-refractivity contribution >= 4 is 29.9 Å². The van der Waals surface area contributed by atoms with E-state index in [0.29, 0.717) is 19.4 Å². The number of carbonyl (C=O) groups excluding carboxylic acids is 2. The fourth-order valence-electron chi connectivity index (χ4n) is 3.96. The molecule has 2 fully saturated rings. The Kier molecular flexibility index (Phi) is 9.37. The Morgan fingerprint density at radius 2 is 1.60 bits per heavy atom. The third kappa shape index (κ3) is 6.57. The number of benzene rings is 1. The predicted octanol–water partition coefficient (Wildman–Crippen LogP) is 3.48. The summed E-state index contributed by atoms with van der Waals surface area (Å²) in [6, 6.07) is 4.72. The van der Waals surface area contributed by atoms with Gasteiger partial charge in [0.05, 0.1) is 11.8 Å². The molecule has 168 valence electrons. The number of likely N-dealkylation sites (tertiary alicyclic amines) is 1. The number of unbranched alkanes of at least 4 members (excludes halogenated alkanes) is 2. The Hall–Kier alpha value is -1.86. The predicted molar refractivity (Wildman–Crippen MR) is 118 cm³/mol. The molecule has 2 aliphatic heterocycles. The van der Waals surface area contributed by atoms with E-state index in [2.05, 4.69) is 9.80 Å². The molecule has 0 radical (unpaired) electrons. The van der Waals surface area contributed by atoms with Gasteiger partial charge in [0.2, 0.25) is 11.8 Å². The van der Waals surface area contributed by atoms with Crippen molar-refractivity contribution in [3.8, 4) is 5.75 Å².